The Hall–Kier alpha value is -2.07. The molecular weight excluding hydrogens is 204 g/mol. The van der Waals surface area contributed by atoms with Crippen molar-refractivity contribution in [3.63, 3.8) is 0 Å². The van der Waals surface area contributed by atoms with Crippen LogP contribution in [0.5, 0.6) is 5.75 Å². The van der Waals surface area contributed by atoms with Gasteiger partial charge < -0.3 is 16.2 Å². The van der Waals surface area contributed by atoms with Gasteiger partial charge in [-0.3, -0.25) is 4.79 Å². The Kier molecular flexibility index (Phi) is 2.74. The van der Waals surface area contributed by atoms with E-state index < -0.39 is 0 Å². The molecule has 0 saturated heterocycles. The summed E-state index contributed by atoms with van der Waals surface area (Å²) in [5.74, 6) is -0.0582. The lowest BCUT2D eigenvalue weighted by atomic mass is 10.1. The molecule has 4 N–H and O–H groups in total. The maximum atomic E-state index is 11.2. The van der Waals surface area contributed by atoms with Crippen molar-refractivity contribution in [2.24, 2.45) is 5.73 Å². The number of carbonyl (C=O) groups excluding carboxylic acids is 1. The van der Waals surface area contributed by atoms with E-state index in [4.69, 9.17) is 5.73 Å². The van der Waals surface area contributed by atoms with E-state index >= 15 is 0 Å². The first kappa shape index (κ1) is 10.4. The van der Waals surface area contributed by atoms with E-state index in [1.165, 1.54) is 0 Å². The summed E-state index contributed by atoms with van der Waals surface area (Å²) in [6.07, 6.45) is 0. The molecule has 2 aromatic rings. The molecule has 2 aromatic carbocycles. The summed E-state index contributed by atoms with van der Waals surface area (Å²) < 4.78 is 0. The van der Waals surface area contributed by atoms with Gasteiger partial charge in [-0.2, -0.15) is 0 Å². The first-order valence-corrected chi connectivity index (χ1v) is 4.93. The number of rotatable bonds is 2. The lowest BCUT2D eigenvalue weighted by Crippen LogP contribution is -2.21. The van der Waals surface area contributed by atoms with Crippen LogP contribution in [0.3, 0.4) is 0 Å². The predicted octanol–water partition coefficient (Wildman–Crippen LogP) is 1.44. The fraction of sp³-hybridized carbons (Fsp3) is 0.0833. The molecule has 0 fully saturated rings. The van der Waals surface area contributed by atoms with Crippen molar-refractivity contribution in [2.75, 3.05) is 11.9 Å². The average Bonchev–Trinajstić information content (AvgIpc) is 2.30. The average molecular weight is 216 g/mol. The molecule has 4 nitrogen and oxygen atoms in total. The fourth-order valence-corrected chi connectivity index (χ4v) is 1.60. The molecule has 0 heterocycles. The standard InChI is InChI=1S/C12H12N2O2/c13-7-12(16)14-10-5-1-4-9-8(10)3-2-6-11(9)15/h1-6,15H,7,13H2,(H,14,16). The Bertz CT molecular complexity index is 538. The normalized spacial score (nSPS) is 10.3. The molecule has 0 atom stereocenters. The van der Waals surface area contributed by atoms with Crippen molar-refractivity contribution < 1.29 is 9.90 Å². The van der Waals surface area contributed by atoms with Gasteiger partial charge in [0.2, 0.25) is 5.91 Å². The molecule has 0 radical (unpaired) electrons. The molecule has 0 aliphatic rings. The summed E-state index contributed by atoms with van der Waals surface area (Å²) in [4.78, 5) is 11.2. The third kappa shape index (κ3) is 1.83. The number of aromatic hydroxyl groups is 1. The van der Waals surface area contributed by atoms with Gasteiger partial charge in [0.15, 0.2) is 0 Å². The van der Waals surface area contributed by atoms with Gasteiger partial charge >= 0.3 is 0 Å². The number of hydrogen-bond acceptors (Lipinski definition) is 3. The molecule has 16 heavy (non-hydrogen) atoms. The van der Waals surface area contributed by atoms with Gasteiger partial charge in [-0.05, 0) is 12.1 Å². The summed E-state index contributed by atoms with van der Waals surface area (Å²) >= 11 is 0. The Labute approximate surface area is 92.7 Å². The van der Waals surface area contributed by atoms with Crippen LogP contribution >= 0.6 is 0 Å². The van der Waals surface area contributed by atoms with E-state index in [2.05, 4.69) is 5.32 Å². The van der Waals surface area contributed by atoms with Crippen molar-refractivity contribution in [1.82, 2.24) is 0 Å². The maximum absolute atomic E-state index is 11.2. The van der Waals surface area contributed by atoms with Crippen LogP contribution in [-0.2, 0) is 4.79 Å². The number of hydrogen-bond donors (Lipinski definition) is 3. The lowest BCUT2D eigenvalue weighted by Gasteiger charge is -2.08. The molecule has 0 bridgehead atoms. The van der Waals surface area contributed by atoms with Crippen LogP contribution in [0.1, 0.15) is 0 Å². The third-order valence-corrected chi connectivity index (χ3v) is 2.36. The molecule has 1 amide bonds. The minimum Gasteiger partial charge on any atom is -0.507 e. The predicted molar refractivity (Wildman–Crippen MR) is 63.3 cm³/mol. The second-order valence-electron chi connectivity index (χ2n) is 3.43. The van der Waals surface area contributed by atoms with Gasteiger partial charge in [0.1, 0.15) is 5.75 Å². The molecule has 0 spiro atoms. The van der Waals surface area contributed by atoms with Gasteiger partial charge in [-0.15, -0.1) is 0 Å². The van der Waals surface area contributed by atoms with Crippen molar-refractivity contribution in [1.29, 1.82) is 0 Å². The van der Waals surface area contributed by atoms with Crippen LogP contribution in [0.2, 0.25) is 0 Å². The fourth-order valence-electron chi connectivity index (χ4n) is 1.60. The number of nitrogens with one attached hydrogen (secondary N) is 1. The van der Waals surface area contributed by atoms with Gasteiger partial charge in [0, 0.05) is 16.5 Å². The number of benzene rings is 2. The van der Waals surface area contributed by atoms with Crippen molar-refractivity contribution in [3.8, 4) is 5.75 Å². The number of carbonyl (C=O) groups is 1. The molecule has 0 aliphatic carbocycles. The highest BCUT2D eigenvalue weighted by Gasteiger charge is 2.05. The van der Waals surface area contributed by atoms with Gasteiger partial charge in [-0.1, -0.05) is 24.3 Å². The molecule has 4 heteroatoms. The highest BCUT2D eigenvalue weighted by atomic mass is 16.3. The minimum absolute atomic E-state index is 0.0603. The van der Waals surface area contributed by atoms with Crippen LogP contribution in [0.25, 0.3) is 10.8 Å². The molecule has 0 saturated carbocycles. The van der Waals surface area contributed by atoms with Gasteiger partial charge in [0.05, 0.1) is 6.54 Å². The Morgan fingerprint density at radius 3 is 2.62 bits per heavy atom. The number of anilines is 1. The summed E-state index contributed by atoms with van der Waals surface area (Å²) in [5, 5.41) is 13.8. The molecule has 0 aromatic heterocycles. The second kappa shape index (κ2) is 4.20. The van der Waals surface area contributed by atoms with E-state index in [1.807, 2.05) is 6.07 Å². The number of fused-ring (bicyclic) bond motifs is 1. The smallest absolute Gasteiger partial charge is 0.238 e. The number of phenolic OH excluding ortho intramolecular Hbond substituents is 1. The lowest BCUT2D eigenvalue weighted by molar-refractivity contribution is -0.114. The van der Waals surface area contributed by atoms with Gasteiger partial charge in [-0.25, -0.2) is 0 Å². The van der Waals surface area contributed by atoms with Crippen molar-refractivity contribution in [3.05, 3.63) is 36.4 Å². The molecule has 2 rings (SSSR count). The van der Waals surface area contributed by atoms with Gasteiger partial charge in [0.25, 0.3) is 0 Å². The number of nitrogens with two attached hydrogens (primary N) is 1. The monoisotopic (exact) mass is 216 g/mol. The SMILES string of the molecule is NCC(=O)Nc1cccc2c(O)cccc12. The Morgan fingerprint density at radius 1 is 1.19 bits per heavy atom. The zero-order valence-corrected chi connectivity index (χ0v) is 8.60. The quantitative estimate of drug-likeness (QED) is 0.711. The molecule has 0 unspecified atom stereocenters. The summed E-state index contributed by atoms with van der Waals surface area (Å²) in [7, 11) is 0. The van der Waals surface area contributed by atoms with Crippen molar-refractivity contribution >= 4 is 22.4 Å². The third-order valence-electron chi connectivity index (χ3n) is 2.36. The molecule has 82 valence electrons. The maximum Gasteiger partial charge on any atom is 0.238 e. The molecule has 0 aliphatic heterocycles. The van der Waals surface area contributed by atoms with Crippen LogP contribution in [0.15, 0.2) is 36.4 Å². The van der Waals surface area contributed by atoms with E-state index in [9.17, 15) is 9.90 Å². The zero-order chi connectivity index (χ0) is 11.5. The minimum atomic E-state index is -0.254. The van der Waals surface area contributed by atoms with E-state index in [0.29, 0.717) is 11.1 Å². The topological polar surface area (TPSA) is 75.4 Å². The first-order chi connectivity index (χ1) is 7.72. The summed E-state index contributed by atoms with van der Waals surface area (Å²) in [6, 6.07) is 10.5. The number of amides is 1. The van der Waals surface area contributed by atoms with E-state index in [-0.39, 0.29) is 18.2 Å². The second-order valence-corrected chi connectivity index (χ2v) is 3.43. The largest absolute Gasteiger partial charge is 0.507 e. The number of phenols is 1. The van der Waals surface area contributed by atoms with Crippen LogP contribution in [-0.4, -0.2) is 17.6 Å². The highest BCUT2D eigenvalue weighted by molar-refractivity contribution is 6.04. The van der Waals surface area contributed by atoms with Crippen LogP contribution in [0, 0.1) is 0 Å². The Balaban J connectivity index is 2.54. The van der Waals surface area contributed by atoms with Crippen LogP contribution in [0.4, 0.5) is 5.69 Å². The first-order valence-electron chi connectivity index (χ1n) is 4.93. The summed E-state index contributed by atoms with van der Waals surface area (Å²) in [6.45, 7) is -0.0603. The van der Waals surface area contributed by atoms with E-state index in [0.717, 1.165) is 5.39 Å². The van der Waals surface area contributed by atoms with Crippen LogP contribution < -0.4 is 11.1 Å². The van der Waals surface area contributed by atoms with Crippen molar-refractivity contribution in [2.45, 2.75) is 0 Å². The highest BCUT2D eigenvalue weighted by Crippen LogP contribution is 2.29. The Morgan fingerprint density at radius 2 is 1.88 bits per heavy atom. The zero-order valence-electron chi connectivity index (χ0n) is 8.60. The van der Waals surface area contributed by atoms with E-state index in [1.54, 1.807) is 30.3 Å². The molecular formula is C12H12N2O2. The summed E-state index contributed by atoms with van der Waals surface area (Å²) in [5.41, 5.74) is 5.89.